The molecule has 2 aliphatic rings. The number of aliphatic hydroxyl groups excluding tert-OH is 1. The molecule has 3 N–H and O–H groups in total. The van der Waals surface area contributed by atoms with Crippen molar-refractivity contribution < 1.29 is 43.2 Å². The van der Waals surface area contributed by atoms with E-state index in [0.717, 1.165) is 6.07 Å². The molecule has 0 spiro atoms. The van der Waals surface area contributed by atoms with Crippen molar-refractivity contribution in [3.63, 3.8) is 0 Å². The van der Waals surface area contributed by atoms with Gasteiger partial charge in [0.1, 0.15) is 11.6 Å². The van der Waals surface area contributed by atoms with E-state index in [0.29, 0.717) is 45.5 Å². The number of aryl methyl sites for hydroxylation is 1. The Labute approximate surface area is 260 Å². The molecule has 0 saturated carbocycles. The van der Waals surface area contributed by atoms with Crippen molar-refractivity contribution >= 4 is 35.1 Å². The number of carbonyl (C=O) groups is 3. The molecule has 236 valence electrons. The van der Waals surface area contributed by atoms with Gasteiger partial charge in [-0.25, -0.2) is 4.39 Å². The molecule has 0 aromatic heterocycles. The number of carboxylic acids is 1. The Morgan fingerprint density at radius 1 is 1.20 bits per heavy atom. The molecule has 2 aromatic rings. The molecule has 1 heterocycles. The fourth-order valence-corrected chi connectivity index (χ4v) is 5.50. The molecule has 44 heavy (non-hydrogen) atoms. The first-order valence-corrected chi connectivity index (χ1v) is 14.4. The molecule has 2 atom stereocenters. The van der Waals surface area contributed by atoms with E-state index in [9.17, 15) is 23.9 Å². The number of ether oxygens (including phenoxy) is 3. The predicted molar refractivity (Wildman–Crippen MR) is 161 cm³/mol. The van der Waals surface area contributed by atoms with Gasteiger partial charge < -0.3 is 34.6 Å². The van der Waals surface area contributed by atoms with Gasteiger partial charge in [-0.15, -0.1) is 0 Å². The molecular formula is C32H36ClFN2O8. The number of hydrogen-bond donors (Lipinski definition) is 3. The van der Waals surface area contributed by atoms with Crippen LogP contribution in [0.5, 0.6) is 11.5 Å². The highest BCUT2D eigenvalue weighted by molar-refractivity contribution is 6.30. The Hall–Kier alpha value is -4.09. The number of benzene rings is 2. The Balaban J connectivity index is 1.69. The quantitative estimate of drug-likeness (QED) is 0.300. The maximum absolute atomic E-state index is 14.6. The lowest BCUT2D eigenvalue weighted by atomic mass is 9.86. The van der Waals surface area contributed by atoms with Crippen LogP contribution in [0.25, 0.3) is 0 Å². The summed E-state index contributed by atoms with van der Waals surface area (Å²) in [4.78, 5) is 39.5. The molecule has 0 unspecified atom stereocenters. The summed E-state index contributed by atoms with van der Waals surface area (Å²) in [5.41, 5.74) is 0.799. The number of amides is 2. The number of carbonyl (C=O) groups excluding carboxylic acids is 2. The highest BCUT2D eigenvalue weighted by Gasteiger charge is 2.43. The first kappa shape index (κ1) is 32.8. The number of anilines is 1. The third kappa shape index (κ3) is 7.34. The Bertz CT molecular complexity index is 1510. The van der Waals surface area contributed by atoms with Crippen LogP contribution in [0.4, 0.5) is 10.1 Å². The maximum atomic E-state index is 14.6. The Morgan fingerprint density at radius 3 is 2.61 bits per heavy atom. The fourth-order valence-electron chi connectivity index (χ4n) is 5.25. The predicted octanol–water partition coefficient (Wildman–Crippen LogP) is 4.96. The number of nitrogens with zero attached hydrogens (tertiary/aromatic N) is 1. The van der Waals surface area contributed by atoms with E-state index >= 15 is 0 Å². The van der Waals surface area contributed by atoms with Crippen molar-refractivity contribution in [2.24, 2.45) is 5.41 Å². The molecule has 0 saturated heterocycles. The Kier molecular flexibility index (Phi) is 10.2. The number of aliphatic hydroxyl groups is 1. The third-order valence-corrected chi connectivity index (χ3v) is 7.75. The standard InChI is InChI=1S/C32H36ClFN2O8/c1-32(2,17-37)16-36-24-14-19(33)13-21(20-6-5-7-25(42-3)30(20)43-4)29(24)44-26(31(36)41)15-27(38)35-23-12-18(8-10-22(23)34)9-11-28(39)40/h5-8,10,12,14,21,26,37H,9,11,13,15-17H2,1-4H3,(H,35,38)(H,39,40)/t21-,26+/m0/s1. The molecule has 4 rings (SSSR count). The zero-order chi connectivity index (χ0) is 32.2. The van der Waals surface area contributed by atoms with Gasteiger partial charge in [-0.05, 0) is 42.7 Å². The van der Waals surface area contributed by atoms with Gasteiger partial charge in [0.2, 0.25) is 5.91 Å². The zero-order valence-corrected chi connectivity index (χ0v) is 25.7. The molecule has 2 aromatic carbocycles. The van der Waals surface area contributed by atoms with Crippen LogP contribution in [0, 0.1) is 11.2 Å². The van der Waals surface area contributed by atoms with Gasteiger partial charge in [-0.3, -0.25) is 14.4 Å². The topological polar surface area (TPSA) is 135 Å². The van der Waals surface area contributed by atoms with Gasteiger partial charge in [-0.2, -0.15) is 0 Å². The van der Waals surface area contributed by atoms with E-state index in [1.807, 2.05) is 6.07 Å². The first-order chi connectivity index (χ1) is 20.9. The normalized spacial score (nSPS) is 18.3. The second kappa shape index (κ2) is 13.7. The Morgan fingerprint density at radius 2 is 1.95 bits per heavy atom. The average Bonchev–Trinajstić information content (AvgIpc) is 2.99. The van der Waals surface area contributed by atoms with Gasteiger partial charge >= 0.3 is 5.97 Å². The molecule has 1 aliphatic heterocycles. The smallest absolute Gasteiger partial charge is 0.303 e. The van der Waals surface area contributed by atoms with Crippen LogP contribution in [0.2, 0.25) is 0 Å². The van der Waals surface area contributed by atoms with E-state index in [4.69, 9.17) is 30.9 Å². The number of nitrogens with one attached hydrogen (secondary N) is 1. The minimum absolute atomic E-state index is 0.103. The number of carboxylic acid groups (broad SMARTS) is 1. The second-order valence-corrected chi connectivity index (χ2v) is 12.0. The van der Waals surface area contributed by atoms with Gasteiger partial charge in [0.15, 0.2) is 17.6 Å². The summed E-state index contributed by atoms with van der Waals surface area (Å²) in [5, 5.41) is 22.0. The summed E-state index contributed by atoms with van der Waals surface area (Å²) in [6.07, 6.45) is 0.261. The number of allylic oxidation sites excluding steroid dienone is 3. The van der Waals surface area contributed by atoms with Crippen molar-refractivity contribution in [1.82, 2.24) is 4.90 Å². The van der Waals surface area contributed by atoms with Crippen molar-refractivity contribution in [1.29, 1.82) is 0 Å². The van der Waals surface area contributed by atoms with E-state index in [2.05, 4.69) is 5.32 Å². The van der Waals surface area contributed by atoms with Crippen LogP contribution < -0.4 is 14.8 Å². The molecule has 10 nitrogen and oxygen atoms in total. The van der Waals surface area contributed by atoms with Gasteiger partial charge in [-0.1, -0.05) is 43.6 Å². The molecule has 0 bridgehead atoms. The highest BCUT2D eigenvalue weighted by Crippen LogP contribution is 2.48. The van der Waals surface area contributed by atoms with E-state index in [-0.39, 0.29) is 31.7 Å². The lowest BCUT2D eigenvalue weighted by Crippen LogP contribution is -2.50. The lowest BCUT2D eigenvalue weighted by molar-refractivity contribution is -0.147. The number of halogens is 2. The maximum Gasteiger partial charge on any atom is 0.303 e. The second-order valence-electron chi connectivity index (χ2n) is 11.5. The lowest BCUT2D eigenvalue weighted by Gasteiger charge is -2.42. The first-order valence-electron chi connectivity index (χ1n) is 14.1. The van der Waals surface area contributed by atoms with Crippen LogP contribution in [0.3, 0.4) is 0 Å². The summed E-state index contributed by atoms with van der Waals surface area (Å²) >= 11 is 6.63. The van der Waals surface area contributed by atoms with Crippen LogP contribution in [0.15, 0.2) is 59.0 Å². The number of hydrogen-bond acceptors (Lipinski definition) is 7. The SMILES string of the molecule is COc1cccc([C@@H]2CC(Cl)=CC3=C2O[C@H](CC(=O)Nc2cc(CCC(=O)O)ccc2F)C(=O)N3CC(C)(C)CO)c1OC. The minimum atomic E-state index is -1.27. The fraction of sp³-hybridized carbons (Fsp3) is 0.406. The van der Waals surface area contributed by atoms with Gasteiger partial charge in [0.05, 0.1) is 37.9 Å². The van der Waals surface area contributed by atoms with Crippen molar-refractivity contribution in [2.45, 2.75) is 51.6 Å². The summed E-state index contributed by atoms with van der Waals surface area (Å²) in [6, 6.07) is 9.36. The van der Waals surface area contributed by atoms with Gasteiger partial charge in [0.25, 0.3) is 5.91 Å². The summed E-state index contributed by atoms with van der Waals surface area (Å²) < 4.78 is 32.1. The van der Waals surface area contributed by atoms with Crippen molar-refractivity contribution in [3.8, 4) is 11.5 Å². The molecule has 12 heteroatoms. The van der Waals surface area contributed by atoms with Crippen molar-refractivity contribution in [3.05, 3.63) is 75.9 Å². The summed E-state index contributed by atoms with van der Waals surface area (Å²) in [7, 11) is 3.04. The van der Waals surface area contributed by atoms with E-state index < -0.39 is 47.5 Å². The van der Waals surface area contributed by atoms with Crippen LogP contribution in [0.1, 0.15) is 50.2 Å². The molecule has 0 fully saturated rings. The number of aliphatic carboxylic acids is 1. The third-order valence-electron chi connectivity index (χ3n) is 7.49. The number of rotatable bonds is 12. The zero-order valence-electron chi connectivity index (χ0n) is 25.0. The largest absolute Gasteiger partial charge is 0.493 e. The van der Waals surface area contributed by atoms with E-state index in [1.165, 1.54) is 31.3 Å². The number of para-hydroxylation sites is 1. The van der Waals surface area contributed by atoms with Crippen LogP contribution in [-0.2, 0) is 25.5 Å². The highest BCUT2D eigenvalue weighted by atomic mass is 35.5. The average molecular weight is 631 g/mol. The van der Waals surface area contributed by atoms with Crippen LogP contribution >= 0.6 is 11.6 Å². The molecule has 1 aliphatic carbocycles. The molecular weight excluding hydrogens is 595 g/mol. The van der Waals surface area contributed by atoms with Crippen LogP contribution in [-0.4, -0.2) is 66.4 Å². The molecule has 0 radical (unpaired) electrons. The summed E-state index contributed by atoms with van der Waals surface area (Å²) in [5.74, 6) is -2.05. The monoisotopic (exact) mass is 630 g/mol. The minimum Gasteiger partial charge on any atom is -0.493 e. The van der Waals surface area contributed by atoms with E-state index in [1.54, 1.807) is 32.1 Å². The molecule has 2 amide bonds. The van der Waals surface area contributed by atoms with Gasteiger partial charge in [0, 0.05) is 35.6 Å². The number of methoxy groups -OCH3 is 2. The summed E-state index contributed by atoms with van der Waals surface area (Å²) in [6.45, 7) is 3.49. The van der Waals surface area contributed by atoms with Crippen molar-refractivity contribution in [2.75, 3.05) is 32.7 Å².